The maximum Gasteiger partial charge on any atom is 0.306 e. The van der Waals surface area contributed by atoms with Crippen LogP contribution in [0.1, 0.15) is 18.4 Å². The molecule has 0 aliphatic carbocycles. The zero-order valence-corrected chi connectivity index (χ0v) is 17.8. The lowest BCUT2D eigenvalue weighted by Gasteiger charge is -2.29. The molecule has 1 heterocycles. The Morgan fingerprint density at radius 2 is 1.82 bits per heavy atom. The van der Waals surface area contributed by atoms with Crippen LogP contribution >= 0.6 is 0 Å². The van der Waals surface area contributed by atoms with E-state index in [-0.39, 0.29) is 42.2 Å². The van der Waals surface area contributed by atoms with Crippen molar-refractivity contribution in [2.24, 2.45) is 11.0 Å². The monoisotopic (exact) mass is 477 g/mol. The third-order valence-electron chi connectivity index (χ3n) is 5.09. The Morgan fingerprint density at radius 3 is 2.42 bits per heavy atom. The number of nitro groups is 2. The van der Waals surface area contributed by atoms with Crippen LogP contribution in [0.2, 0.25) is 0 Å². The van der Waals surface area contributed by atoms with Crippen LogP contribution < -0.4 is 5.43 Å². The summed E-state index contributed by atoms with van der Waals surface area (Å²) in [7, 11) is -4.05. The van der Waals surface area contributed by atoms with Gasteiger partial charge in [0.15, 0.2) is 0 Å². The number of nitro benzene ring substituents is 2. The molecule has 174 valence electrons. The van der Waals surface area contributed by atoms with Gasteiger partial charge in [-0.2, -0.15) is 9.41 Å². The van der Waals surface area contributed by atoms with E-state index < -0.39 is 37.4 Å². The van der Waals surface area contributed by atoms with Crippen molar-refractivity contribution in [2.75, 3.05) is 18.5 Å². The first-order valence-corrected chi connectivity index (χ1v) is 11.1. The molecule has 0 amide bonds. The Hall–Kier alpha value is -3.91. The van der Waals surface area contributed by atoms with Crippen LogP contribution in [0.3, 0.4) is 0 Å². The fraction of sp³-hybridized carbons (Fsp3) is 0.263. The molecule has 2 aromatic rings. The van der Waals surface area contributed by atoms with Crippen LogP contribution in [0.15, 0.2) is 52.5 Å². The second-order valence-corrected chi connectivity index (χ2v) is 9.11. The summed E-state index contributed by atoms with van der Waals surface area (Å²) >= 11 is 0. The predicted molar refractivity (Wildman–Crippen MR) is 117 cm³/mol. The molecule has 3 rings (SSSR count). The van der Waals surface area contributed by atoms with Crippen LogP contribution in [-0.2, 0) is 14.8 Å². The normalized spacial score (nSPS) is 15.4. The highest BCUT2D eigenvalue weighted by atomic mass is 32.2. The molecule has 0 unspecified atom stereocenters. The number of piperidine rings is 1. The molecule has 0 aromatic heterocycles. The molecule has 0 bridgehead atoms. The largest absolute Gasteiger partial charge is 0.481 e. The molecule has 1 fully saturated rings. The van der Waals surface area contributed by atoms with Crippen LogP contribution in [0.25, 0.3) is 0 Å². The van der Waals surface area contributed by atoms with Gasteiger partial charge in [0.05, 0.1) is 26.9 Å². The van der Waals surface area contributed by atoms with E-state index in [1.807, 2.05) is 0 Å². The van der Waals surface area contributed by atoms with Gasteiger partial charge in [-0.1, -0.05) is 12.1 Å². The number of aliphatic carboxylic acids is 1. The van der Waals surface area contributed by atoms with Gasteiger partial charge in [-0.05, 0) is 25.0 Å². The van der Waals surface area contributed by atoms with Crippen LogP contribution in [0.4, 0.5) is 17.1 Å². The van der Waals surface area contributed by atoms with Gasteiger partial charge < -0.3 is 5.11 Å². The lowest BCUT2D eigenvalue weighted by molar-refractivity contribution is -0.384. The first-order chi connectivity index (χ1) is 15.6. The Morgan fingerprint density at radius 1 is 1.12 bits per heavy atom. The zero-order valence-electron chi connectivity index (χ0n) is 17.0. The van der Waals surface area contributed by atoms with E-state index in [9.17, 15) is 33.4 Å². The summed E-state index contributed by atoms with van der Waals surface area (Å²) in [5.41, 5.74) is 2.07. The maximum atomic E-state index is 12.9. The van der Waals surface area contributed by atoms with E-state index in [0.717, 1.165) is 10.4 Å². The number of carboxylic acid groups (broad SMARTS) is 1. The lowest BCUT2D eigenvalue weighted by Crippen LogP contribution is -2.40. The lowest BCUT2D eigenvalue weighted by atomic mass is 9.99. The molecule has 14 heteroatoms. The first-order valence-electron chi connectivity index (χ1n) is 9.64. The predicted octanol–water partition coefficient (Wildman–Crippen LogP) is 2.43. The van der Waals surface area contributed by atoms with Gasteiger partial charge in [-0.15, -0.1) is 0 Å². The number of nitrogens with zero attached hydrogens (tertiary/aromatic N) is 4. The topological polar surface area (TPSA) is 185 Å². The highest BCUT2D eigenvalue weighted by Gasteiger charge is 2.33. The van der Waals surface area contributed by atoms with Crippen molar-refractivity contribution in [1.82, 2.24) is 4.31 Å². The van der Waals surface area contributed by atoms with E-state index in [0.29, 0.717) is 5.56 Å². The number of benzene rings is 2. The Bertz CT molecular complexity index is 1220. The van der Waals surface area contributed by atoms with Crippen LogP contribution in [0, 0.1) is 26.1 Å². The highest BCUT2D eigenvalue weighted by Crippen LogP contribution is 2.30. The molecule has 0 atom stereocenters. The number of carbonyl (C=O) groups is 1. The number of hydrazone groups is 1. The third-order valence-corrected chi connectivity index (χ3v) is 6.98. The highest BCUT2D eigenvalue weighted by molar-refractivity contribution is 7.89. The number of carboxylic acids is 1. The summed E-state index contributed by atoms with van der Waals surface area (Å²) in [4.78, 5) is 31.8. The minimum atomic E-state index is -4.05. The summed E-state index contributed by atoms with van der Waals surface area (Å²) in [6, 6.07) is 8.87. The van der Waals surface area contributed by atoms with Crippen molar-refractivity contribution in [3.63, 3.8) is 0 Å². The van der Waals surface area contributed by atoms with E-state index in [1.165, 1.54) is 36.5 Å². The van der Waals surface area contributed by atoms with Gasteiger partial charge in [0.1, 0.15) is 5.69 Å². The maximum absolute atomic E-state index is 12.9. The second-order valence-electron chi connectivity index (χ2n) is 7.17. The van der Waals surface area contributed by atoms with Crippen molar-refractivity contribution in [3.05, 3.63) is 68.3 Å². The smallest absolute Gasteiger partial charge is 0.306 e. The molecule has 0 radical (unpaired) electrons. The molecular weight excluding hydrogens is 458 g/mol. The Kier molecular flexibility index (Phi) is 6.98. The fourth-order valence-corrected chi connectivity index (χ4v) is 4.79. The standard InChI is InChI=1S/C19H19N5O8S/c25-19(26)14-6-8-22(9-7-14)33(31,32)16-4-5-17(18(11-16)24(29)30)21-20-12-13-2-1-3-15(10-13)23(27)28/h1-5,10-12,14,21H,6-9H2,(H,25,26)/b20-12+. The van der Waals surface area contributed by atoms with Crippen molar-refractivity contribution in [3.8, 4) is 0 Å². The summed E-state index contributed by atoms with van der Waals surface area (Å²) in [5, 5.41) is 35.3. The number of sulfonamides is 1. The zero-order chi connectivity index (χ0) is 24.2. The number of non-ortho nitro benzene ring substituents is 1. The van der Waals surface area contributed by atoms with Crippen LogP contribution in [0.5, 0.6) is 0 Å². The Balaban J connectivity index is 1.79. The van der Waals surface area contributed by atoms with Gasteiger partial charge in [0.2, 0.25) is 10.0 Å². The minimum Gasteiger partial charge on any atom is -0.481 e. The van der Waals surface area contributed by atoms with Crippen molar-refractivity contribution >= 4 is 39.3 Å². The molecule has 1 aliphatic heterocycles. The molecule has 2 N–H and O–H groups in total. The molecule has 0 spiro atoms. The second kappa shape index (κ2) is 9.70. The summed E-state index contributed by atoms with van der Waals surface area (Å²) in [5.74, 6) is -1.61. The SMILES string of the molecule is O=C(O)C1CCN(S(=O)(=O)c2ccc(N/N=C/c3cccc([N+](=O)[O-])c3)c([N+](=O)[O-])c2)CC1. The van der Waals surface area contributed by atoms with E-state index in [1.54, 1.807) is 6.07 Å². The summed E-state index contributed by atoms with van der Waals surface area (Å²) < 4.78 is 26.9. The minimum absolute atomic E-state index is 0.000600. The van der Waals surface area contributed by atoms with Crippen molar-refractivity contribution in [1.29, 1.82) is 0 Å². The molecule has 1 saturated heterocycles. The van der Waals surface area contributed by atoms with Gasteiger partial charge >= 0.3 is 5.97 Å². The molecule has 2 aromatic carbocycles. The number of hydrogen-bond acceptors (Lipinski definition) is 9. The average Bonchev–Trinajstić information content (AvgIpc) is 2.79. The van der Waals surface area contributed by atoms with Gasteiger partial charge in [-0.3, -0.25) is 30.4 Å². The van der Waals surface area contributed by atoms with E-state index in [4.69, 9.17) is 5.11 Å². The van der Waals surface area contributed by atoms with Crippen LogP contribution in [-0.4, -0.2) is 52.9 Å². The number of rotatable bonds is 8. The van der Waals surface area contributed by atoms with Gasteiger partial charge in [0.25, 0.3) is 11.4 Å². The summed E-state index contributed by atoms with van der Waals surface area (Å²) in [6.45, 7) is 0.00120. The quantitative estimate of drug-likeness (QED) is 0.327. The molecule has 0 saturated carbocycles. The Labute approximate surface area is 187 Å². The number of hydrogen-bond donors (Lipinski definition) is 2. The third kappa shape index (κ3) is 5.48. The fourth-order valence-electron chi connectivity index (χ4n) is 3.30. The van der Waals surface area contributed by atoms with Gasteiger partial charge in [0, 0.05) is 36.9 Å². The summed E-state index contributed by atoms with van der Waals surface area (Å²) in [6.07, 6.45) is 1.54. The van der Waals surface area contributed by atoms with E-state index >= 15 is 0 Å². The molecule has 33 heavy (non-hydrogen) atoms. The van der Waals surface area contributed by atoms with Crippen molar-refractivity contribution in [2.45, 2.75) is 17.7 Å². The first kappa shape index (κ1) is 23.7. The molecule has 13 nitrogen and oxygen atoms in total. The molecular formula is C19H19N5O8S. The van der Waals surface area contributed by atoms with E-state index in [2.05, 4.69) is 10.5 Å². The molecule has 1 aliphatic rings. The number of anilines is 1. The van der Waals surface area contributed by atoms with Crippen molar-refractivity contribution < 1.29 is 28.2 Å². The number of nitrogens with one attached hydrogen (secondary N) is 1. The average molecular weight is 477 g/mol. The van der Waals surface area contributed by atoms with Gasteiger partial charge in [-0.25, -0.2) is 8.42 Å².